The predicted molar refractivity (Wildman–Crippen MR) is 62.1 cm³/mol. The van der Waals surface area contributed by atoms with Crippen LogP contribution < -0.4 is 4.90 Å². The van der Waals surface area contributed by atoms with Gasteiger partial charge in [0.2, 0.25) is 5.91 Å². The normalized spacial score (nSPS) is 11.2. The second-order valence-corrected chi connectivity index (χ2v) is 4.34. The Kier molecular flexibility index (Phi) is 3.69. The lowest BCUT2D eigenvalue weighted by molar-refractivity contribution is -0.125. The fraction of sp³-hybridized carbons (Fsp3) is 0.455. The first-order chi connectivity index (χ1) is 6.99. The van der Waals surface area contributed by atoms with Crippen molar-refractivity contribution in [1.29, 1.82) is 0 Å². The Bertz CT molecular complexity index is 338. The highest BCUT2D eigenvalue weighted by molar-refractivity contribution is 6.20. The van der Waals surface area contributed by atoms with E-state index in [1.54, 1.807) is 19.3 Å². The summed E-state index contributed by atoms with van der Waals surface area (Å²) in [5.41, 5.74) is -0.562. The van der Waals surface area contributed by atoms with Crippen molar-refractivity contribution in [2.75, 3.05) is 17.8 Å². The molecule has 15 heavy (non-hydrogen) atoms. The third-order valence-electron chi connectivity index (χ3n) is 2.21. The minimum absolute atomic E-state index is 0.0313. The number of rotatable bonds is 3. The average molecular weight is 227 g/mol. The third kappa shape index (κ3) is 2.69. The zero-order chi connectivity index (χ0) is 11.5. The highest BCUT2D eigenvalue weighted by Gasteiger charge is 2.30. The molecular weight excluding hydrogens is 212 g/mol. The van der Waals surface area contributed by atoms with E-state index >= 15 is 0 Å². The molecule has 0 saturated carbocycles. The van der Waals surface area contributed by atoms with Gasteiger partial charge in [-0.1, -0.05) is 6.07 Å². The van der Waals surface area contributed by atoms with Crippen LogP contribution in [0.4, 0.5) is 5.82 Å². The Morgan fingerprint density at radius 2 is 2.20 bits per heavy atom. The number of hydrogen-bond acceptors (Lipinski definition) is 2. The van der Waals surface area contributed by atoms with E-state index in [0.717, 1.165) is 0 Å². The Balaban J connectivity index is 2.87. The second-order valence-electron chi connectivity index (χ2n) is 4.07. The lowest BCUT2D eigenvalue weighted by Gasteiger charge is -2.26. The van der Waals surface area contributed by atoms with Crippen LogP contribution in [0.5, 0.6) is 0 Å². The number of alkyl halides is 1. The molecule has 0 radical (unpaired) electrons. The van der Waals surface area contributed by atoms with E-state index in [9.17, 15) is 4.79 Å². The molecule has 3 nitrogen and oxygen atoms in total. The van der Waals surface area contributed by atoms with E-state index < -0.39 is 5.41 Å². The van der Waals surface area contributed by atoms with Crippen LogP contribution >= 0.6 is 11.6 Å². The topological polar surface area (TPSA) is 33.2 Å². The van der Waals surface area contributed by atoms with Gasteiger partial charge in [0.05, 0.1) is 5.41 Å². The first-order valence-electron chi connectivity index (χ1n) is 4.74. The summed E-state index contributed by atoms with van der Waals surface area (Å²) >= 11 is 5.75. The first kappa shape index (κ1) is 12.0. The fourth-order valence-corrected chi connectivity index (χ4v) is 1.28. The maximum Gasteiger partial charge on any atom is 0.234 e. The SMILES string of the molecule is CN(C(=O)C(C)(C)CCl)c1ccccn1. The Morgan fingerprint density at radius 3 is 2.67 bits per heavy atom. The summed E-state index contributed by atoms with van der Waals surface area (Å²) in [6, 6.07) is 5.45. The number of anilines is 1. The molecule has 0 aliphatic heterocycles. The summed E-state index contributed by atoms with van der Waals surface area (Å²) in [4.78, 5) is 17.6. The van der Waals surface area contributed by atoms with Crippen molar-refractivity contribution in [2.24, 2.45) is 5.41 Å². The van der Waals surface area contributed by atoms with Crippen molar-refractivity contribution in [3.05, 3.63) is 24.4 Å². The van der Waals surface area contributed by atoms with Gasteiger partial charge in [0.15, 0.2) is 0 Å². The number of nitrogens with zero attached hydrogens (tertiary/aromatic N) is 2. The highest BCUT2D eigenvalue weighted by Crippen LogP contribution is 2.22. The second kappa shape index (κ2) is 4.62. The van der Waals surface area contributed by atoms with Crippen molar-refractivity contribution in [3.63, 3.8) is 0 Å². The first-order valence-corrected chi connectivity index (χ1v) is 5.27. The zero-order valence-corrected chi connectivity index (χ0v) is 9.95. The average Bonchev–Trinajstić information content (AvgIpc) is 2.28. The quantitative estimate of drug-likeness (QED) is 0.741. The van der Waals surface area contributed by atoms with Gasteiger partial charge in [-0.25, -0.2) is 4.98 Å². The van der Waals surface area contributed by atoms with Gasteiger partial charge in [0, 0.05) is 19.1 Å². The summed E-state index contributed by atoms with van der Waals surface area (Å²) in [6.07, 6.45) is 1.66. The monoisotopic (exact) mass is 226 g/mol. The summed E-state index contributed by atoms with van der Waals surface area (Å²) in [6.45, 7) is 3.64. The summed E-state index contributed by atoms with van der Waals surface area (Å²) in [7, 11) is 1.71. The molecule has 0 fully saturated rings. The molecule has 0 N–H and O–H groups in total. The van der Waals surface area contributed by atoms with E-state index in [4.69, 9.17) is 11.6 Å². The lowest BCUT2D eigenvalue weighted by atomic mass is 9.94. The summed E-state index contributed by atoms with van der Waals surface area (Å²) < 4.78 is 0. The smallest absolute Gasteiger partial charge is 0.234 e. The van der Waals surface area contributed by atoms with Crippen molar-refractivity contribution < 1.29 is 4.79 Å². The van der Waals surface area contributed by atoms with E-state index in [-0.39, 0.29) is 5.91 Å². The maximum absolute atomic E-state index is 12.0. The number of aromatic nitrogens is 1. The highest BCUT2D eigenvalue weighted by atomic mass is 35.5. The molecule has 0 aliphatic rings. The minimum atomic E-state index is -0.562. The van der Waals surface area contributed by atoms with E-state index in [1.807, 2.05) is 26.0 Å². The van der Waals surface area contributed by atoms with Crippen molar-refractivity contribution in [1.82, 2.24) is 4.98 Å². The van der Waals surface area contributed by atoms with Crippen LogP contribution in [0.15, 0.2) is 24.4 Å². The molecule has 0 unspecified atom stereocenters. The molecule has 0 saturated heterocycles. The molecule has 1 rings (SSSR count). The van der Waals surface area contributed by atoms with Gasteiger partial charge in [-0.15, -0.1) is 11.6 Å². The maximum atomic E-state index is 12.0. The van der Waals surface area contributed by atoms with Crippen molar-refractivity contribution >= 4 is 23.3 Å². The summed E-state index contributed by atoms with van der Waals surface area (Å²) in [5, 5.41) is 0. The number of carbonyl (C=O) groups is 1. The predicted octanol–water partition coefficient (Wildman–Crippen LogP) is 2.31. The molecule has 1 amide bonds. The van der Waals surface area contributed by atoms with Gasteiger partial charge < -0.3 is 0 Å². The van der Waals surface area contributed by atoms with E-state index in [2.05, 4.69) is 4.98 Å². The molecule has 1 heterocycles. The zero-order valence-electron chi connectivity index (χ0n) is 9.20. The molecule has 0 bridgehead atoms. The van der Waals surface area contributed by atoms with E-state index in [0.29, 0.717) is 11.7 Å². The molecule has 0 atom stereocenters. The molecule has 1 aromatic heterocycles. The van der Waals surface area contributed by atoms with Crippen molar-refractivity contribution in [2.45, 2.75) is 13.8 Å². The van der Waals surface area contributed by atoms with Gasteiger partial charge in [-0.05, 0) is 26.0 Å². The summed E-state index contributed by atoms with van der Waals surface area (Å²) in [5.74, 6) is 0.903. The van der Waals surface area contributed by atoms with Crippen LogP contribution in [-0.2, 0) is 4.79 Å². The molecule has 0 spiro atoms. The minimum Gasteiger partial charge on any atom is -0.299 e. The number of halogens is 1. The molecule has 82 valence electrons. The van der Waals surface area contributed by atoms with Gasteiger partial charge in [-0.3, -0.25) is 9.69 Å². The number of pyridine rings is 1. The standard InChI is InChI=1S/C11H15ClN2O/c1-11(2,8-12)10(15)14(3)9-6-4-5-7-13-9/h4-7H,8H2,1-3H3. The molecule has 1 aromatic rings. The van der Waals surface area contributed by atoms with Crippen LogP contribution in [0.1, 0.15) is 13.8 Å². The van der Waals surface area contributed by atoms with Crippen LogP contribution in [0.2, 0.25) is 0 Å². The molecule has 0 aliphatic carbocycles. The fourth-order valence-electron chi connectivity index (χ4n) is 1.17. The van der Waals surface area contributed by atoms with Gasteiger partial charge >= 0.3 is 0 Å². The van der Waals surface area contributed by atoms with E-state index in [1.165, 1.54) is 4.90 Å². The van der Waals surface area contributed by atoms with Gasteiger partial charge in [-0.2, -0.15) is 0 Å². The van der Waals surface area contributed by atoms with Crippen molar-refractivity contribution in [3.8, 4) is 0 Å². The number of amides is 1. The van der Waals surface area contributed by atoms with Crippen LogP contribution in [0, 0.1) is 5.41 Å². The van der Waals surface area contributed by atoms with Crippen LogP contribution in [0.3, 0.4) is 0 Å². The molecular formula is C11H15ClN2O. The Labute approximate surface area is 95.1 Å². The lowest BCUT2D eigenvalue weighted by Crippen LogP contribution is -2.40. The number of carbonyl (C=O) groups excluding carboxylic acids is 1. The third-order valence-corrected chi connectivity index (χ3v) is 2.88. The van der Waals surface area contributed by atoms with Gasteiger partial charge in [0.1, 0.15) is 5.82 Å². The molecule has 4 heteroatoms. The van der Waals surface area contributed by atoms with Crippen LogP contribution in [0.25, 0.3) is 0 Å². The number of hydrogen-bond donors (Lipinski definition) is 0. The van der Waals surface area contributed by atoms with Crippen LogP contribution in [-0.4, -0.2) is 23.8 Å². The largest absolute Gasteiger partial charge is 0.299 e. The molecule has 0 aromatic carbocycles. The van der Waals surface area contributed by atoms with Gasteiger partial charge in [0.25, 0.3) is 0 Å². The Hall–Kier alpha value is -1.09. The Morgan fingerprint density at radius 1 is 1.53 bits per heavy atom.